The third kappa shape index (κ3) is 2.61. The maximum absolute atomic E-state index is 13.3. The van der Waals surface area contributed by atoms with Gasteiger partial charge in [0, 0.05) is 19.2 Å². The van der Waals surface area contributed by atoms with Gasteiger partial charge in [0.1, 0.15) is 11.6 Å². The normalized spacial score (nSPS) is 12.7. The first kappa shape index (κ1) is 13.6. The van der Waals surface area contributed by atoms with Gasteiger partial charge in [0.15, 0.2) is 0 Å². The molecule has 2 N–H and O–H groups in total. The quantitative estimate of drug-likeness (QED) is 0.746. The number of halogens is 1. The molecule has 0 aliphatic carbocycles. The Balaban J connectivity index is 1.90. The summed E-state index contributed by atoms with van der Waals surface area (Å²) in [4.78, 5) is 4.61. The van der Waals surface area contributed by atoms with Crippen molar-refractivity contribution in [3.8, 4) is 0 Å². The summed E-state index contributed by atoms with van der Waals surface area (Å²) >= 11 is 0. The average molecular weight is 283 g/mol. The molecule has 1 heterocycles. The Morgan fingerprint density at radius 3 is 2.62 bits per heavy atom. The summed E-state index contributed by atoms with van der Waals surface area (Å²) in [7, 11) is 1.93. The van der Waals surface area contributed by atoms with Gasteiger partial charge in [-0.2, -0.15) is 0 Å². The lowest BCUT2D eigenvalue weighted by Crippen LogP contribution is -2.04. The average Bonchev–Trinajstić information content (AvgIpc) is 2.76. The number of benzene rings is 2. The van der Waals surface area contributed by atoms with Crippen molar-refractivity contribution >= 4 is 16.7 Å². The van der Waals surface area contributed by atoms with Crippen molar-refractivity contribution in [1.29, 1.82) is 0 Å². The Morgan fingerprint density at radius 1 is 1.19 bits per heavy atom. The summed E-state index contributed by atoms with van der Waals surface area (Å²) in [6.07, 6.45) is 0.802. The smallest absolute Gasteiger partial charge is 0.125 e. The van der Waals surface area contributed by atoms with Crippen LogP contribution in [-0.4, -0.2) is 9.55 Å². The molecule has 21 heavy (non-hydrogen) atoms. The Kier molecular flexibility index (Phi) is 3.37. The molecule has 0 spiro atoms. The number of nitrogens with two attached hydrogens (primary N) is 1. The molecule has 4 heteroatoms. The number of aryl methyl sites for hydroxylation is 1. The highest BCUT2D eigenvalue weighted by atomic mass is 19.1. The molecule has 3 nitrogen and oxygen atoms in total. The molecule has 0 amide bonds. The Labute approximate surface area is 123 Å². The topological polar surface area (TPSA) is 43.8 Å². The van der Waals surface area contributed by atoms with E-state index in [0.29, 0.717) is 5.92 Å². The zero-order chi connectivity index (χ0) is 15.0. The minimum absolute atomic E-state index is 0.233. The number of nitrogen functional groups attached to an aromatic ring is 1. The molecule has 0 saturated heterocycles. The number of nitrogens with zero attached hydrogens (tertiary/aromatic N) is 2. The van der Waals surface area contributed by atoms with Crippen LogP contribution >= 0.6 is 0 Å². The monoisotopic (exact) mass is 283 g/mol. The summed E-state index contributed by atoms with van der Waals surface area (Å²) in [6, 6.07) is 12.6. The van der Waals surface area contributed by atoms with Crippen LogP contribution in [0.3, 0.4) is 0 Å². The molecule has 0 bridgehead atoms. The molecule has 0 aliphatic rings. The molecular weight excluding hydrogens is 265 g/mol. The molecule has 108 valence electrons. The van der Waals surface area contributed by atoms with E-state index < -0.39 is 0 Å². The van der Waals surface area contributed by atoms with E-state index >= 15 is 0 Å². The molecule has 0 aliphatic heterocycles. The minimum Gasteiger partial charge on any atom is -0.399 e. The van der Waals surface area contributed by atoms with Crippen LogP contribution < -0.4 is 5.73 Å². The maximum atomic E-state index is 13.3. The Hall–Kier alpha value is -2.36. The number of imidazole rings is 1. The zero-order valence-electron chi connectivity index (χ0n) is 12.2. The van der Waals surface area contributed by atoms with Crippen molar-refractivity contribution in [2.75, 3.05) is 5.73 Å². The Morgan fingerprint density at radius 2 is 1.90 bits per heavy atom. The SMILES string of the molecule is CC(Cc1nc2ccc(F)cc2n1C)c1ccc(N)cc1. The fourth-order valence-corrected chi connectivity index (χ4v) is 2.61. The van der Waals surface area contributed by atoms with Gasteiger partial charge in [0.25, 0.3) is 0 Å². The summed E-state index contributed by atoms with van der Waals surface area (Å²) in [6.45, 7) is 2.16. The van der Waals surface area contributed by atoms with Gasteiger partial charge in [-0.1, -0.05) is 19.1 Å². The molecule has 1 atom stereocenters. The number of hydrogen-bond donors (Lipinski definition) is 1. The highest BCUT2D eigenvalue weighted by molar-refractivity contribution is 5.76. The third-order valence-corrected chi connectivity index (χ3v) is 3.93. The first-order chi connectivity index (χ1) is 10.0. The number of hydrogen-bond acceptors (Lipinski definition) is 2. The van der Waals surface area contributed by atoms with Crippen molar-refractivity contribution < 1.29 is 4.39 Å². The van der Waals surface area contributed by atoms with Crippen LogP contribution in [0.4, 0.5) is 10.1 Å². The van der Waals surface area contributed by atoms with Gasteiger partial charge < -0.3 is 10.3 Å². The molecule has 3 rings (SSSR count). The van der Waals surface area contributed by atoms with E-state index in [1.54, 1.807) is 6.07 Å². The lowest BCUT2D eigenvalue weighted by Gasteiger charge is -2.12. The van der Waals surface area contributed by atoms with Crippen LogP contribution in [0.1, 0.15) is 24.2 Å². The van der Waals surface area contributed by atoms with Gasteiger partial charge in [0.2, 0.25) is 0 Å². The lowest BCUT2D eigenvalue weighted by molar-refractivity contribution is 0.628. The van der Waals surface area contributed by atoms with E-state index in [9.17, 15) is 4.39 Å². The van der Waals surface area contributed by atoms with Crippen molar-refractivity contribution in [3.05, 3.63) is 59.7 Å². The summed E-state index contributed by atoms with van der Waals surface area (Å²) in [5.41, 5.74) is 9.37. The molecule has 1 unspecified atom stereocenters. The van der Waals surface area contributed by atoms with Crippen LogP contribution in [0.25, 0.3) is 11.0 Å². The summed E-state index contributed by atoms with van der Waals surface area (Å²) in [5, 5.41) is 0. The van der Waals surface area contributed by atoms with Gasteiger partial charge in [0.05, 0.1) is 11.0 Å². The van der Waals surface area contributed by atoms with Crippen molar-refractivity contribution in [1.82, 2.24) is 9.55 Å². The molecule has 0 saturated carbocycles. The second-order valence-electron chi connectivity index (χ2n) is 5.49. The van der Waals surface area contributed by atoms with E-state index in [1.807, 2.05) is 35.9 Å². The number of anilines is 1. The van der Waals surface area contributed by atoms with Crippen LogP contribution in [0, 0.1) is 5.82 Å². The highest BCUT2D eigenvalue weighted by Crippen LogP contribution is 2.23. The molecule has 2 aromatic carbocycles. The third-order valence-electron chi connectivity index (χ3n) is 3.93. The van der Waals surface area contributed by atoms with Crippen molar-refractivity contribution in [2.24, 2.45) is 7.05 Å². The van der Waals surface area contributed by atoms with Crippen LogP contribution in [-0.2, 0) is 13.5 Å². The number of rotatable bonds is 3. The molecule has 0 radical (unpaired) electrons. The second-order valence-corrected chi connectivity index (χ2v) is 5.49. The van der Waals surface area contributed by atoms with Gasteiger partial charge in [-0.25, -0.2) is 9.37 Å². The second kappa shape index (κ2) is 5.20. The van der Waals surface area contributed by atoms with E-state index in [0.717, 1.165) is 29.0 Å². The molecule has 3 aromatic rings. The standard InChI is InChI=1S/C17H18FN3/c1-11(12-3-6-14(19)7-4-12)9-17-20-15-8-5-13(18)10-16(15)21(17)2/h3-8,10-11H,9,19H2,1-2H3. The highest BCUT2D eigenvalue weighted by Gasteiger charge is 2.13. The van der Waals surface area contributed by atoms with Gasteiger partial charge in [-0.05, 0) is 41.8 Å². The molecular formula is C17H18FN3. The maximum Gasteiger partial charge on any atom is 0.125 e. The summed E-state index contributed by atoms with van der Waals surface area (Å²) in [5.74, 6) is 1.05. The predicted molar refractivity (Wildman–Crippen MR) is 83.6 cm³/mol. The first-order valence-corrected chi connectivity index (χ1v) is 7.01. The number of fused-ring (bicyclic) bond motifs is 1. The van der Waals surface area contributed by atoms with Gasteiger partial charge in [-0.15, -0.1) is 0 Å². The van der Waals surface area contributed by atoms with E-state index in [1.165, 1.54) is 17.7 Å². The largest absolute Gasteiger partial charge is 0.399 e. The van der Waals surface area contributed by atoms with Gasteiger partial charge in [-0.3, -0.25) is 0 Å². The van der Waals surface area contributed by atoms with Crippen LogP contribution in [0.2, 0.25) is 0 Å². The fraction of sp³-hybridized carbons (Fsp3) is 0.235. The van der Waals surface area contributed by atoms with E-state index in [4.69, 9.17) is 5.73 Å². The fourth-order valence-electron chi connectivity index (χ4n) is 2.61. The van der Waals surface area contributed by atoms with E-state index in [-0.39, 0.29) is 5.82 Å². The lowest BCUT2D eigenvalue weighted by atomic mass is 9.97. The molecule has 0 fully saturated rings. The molecule has 1 aromatic heterocycles. The van der Waals surface area contributed by atoms with Gasteiger partial charge >= 0.3 is 0 Å². The van der Waals surface area contributed by atoms with Crippen LogP contribution in [0.15, 0.2) is 42.5 Å². The van der Waals surface area contributed by atoms with Crippen molar-refractivity contribution in [2.45, 2.75) is 19.3 Å². The first-order valence-electron chi connectivity index (χ1n) is 7.01. The minimum atomic E-state index is -0.233. The zero-order valence-corrected chi connectivity index (χ0v) is 12.2. The number of aromatic nitrogens is 2. The van der Waals surface area contributed by atoms with E-state index in [2.05, 4.69) is 11.9 Å². The predicted octanol–water partition coefficient (Wildman–Crippen LogP) is 3.64. The van der Waals surface area contributed by atoms with Crippen LogP contribution in [0.5, 0.6) is 0 Å². The van der Waals surface area contributed by atoms with Crippen molar-refractivity contribution in [3.63, 3.8) is 0 Å². The Bertz CT molecular complexity index is 775. The summed E-state index contributed by atoms with van der Waals surface area (Å²) < 4.78 is 15.3.